The van der Waals surface area contributed by atoms with Crippen LogP contribution in [0.3, 0.4) is 0 Å². The summed E-state index contributed by atoms with van der Waals surface area (Å²) in [6.45, 7) is 2.78. The molecule has 1 fully saturated rings. The number of anilines is 1. The molecule has 1 aromatic rings. The molecule has 0 aromatic heterocycles. The lowest BCUT2D eigenvalue weighted by Gasteiger charge is -2.27. The standard InChI is InChI=1S/C15H23ClN2O/c1-2-9-19-15-8-7-13(10-14(15)16)18-12-5-3-11(17)4-6-12/h7-8,10-12,18H,2-6,9,17H2,1H3. The molecule has 0 heterocycles. The zero-order chi connectivity index (χ0) is 13.7. The predicted molar refractivity (Wildman–Crippen MR) is 81.1 cm³/mol. The summed E-state index contributed by atoms with van der Waals surface area (Å²) in [5.74, 6) is 0.764. The van der Waals surface area contributed by atoms with Gasteiger partial charge in [-0.3, -0.25) is 0 Å². The lowest BCUT2D eigenvalue weighted by Crippen LogP contribution is -2.32. The average molecular weight is 283 g/mol. The third-order valence-electron chi connectivity index (χ3n) is 3.54. The maximum absolute atomic E-state index is 6.22. The first kappa shape index (κ1) is 14.5. The molecule has 0 bridgehead atoms. The van der Waals surface area contributed by atoms with Gasteiger partial charge in [0.25, 0.3) is 0 Å². The maximum Gasteiger partial charge on any atom is 0.138 e. The lowest BCUT2D eigenvalue weighted by molar-refractivity contribution is 0.317. The van der Waals surface area contributed by atoms with Gasteiger partial charge >= 0.3 is 0 Å². The highest BCUT2D eigenvalue weighted by atomic mass is 35.5. The second-order valence-electron chi connectivity index (χ2n) is 5.25. The molecule has 1 aliphatic rings. The number of nitrogens with two attached hydrogens (primary N) is 1. The van der Waals surface area contributed by atoms with Crippen LogP contribution in [0, 0.1) is 0 Å². The van der Waals surface area contributed by atoms with Gasteiger partial charge in [-0.1, -0.05) is 18.5 Å². The number of hydrogen-bond donors (Lipinski definition) is 2. The minimum Gasteiger partial charge on any atom is -0.492 e. The molecule has 3 N–H and O–H groups in total. The molecule has 0 spiro atoms. The summed E-state index contributed by atoms with van der Waals surface area (Å²) in [6.07, 6.45) is 5.45. The van der Waals surface area contributed by atoms with Gasteiger partial charge in [-0.15, -0.1) is 0 Å². The summed E-state index contributed by atoms with van der Waals surface area (Å²) in [5, 5.41) is 4.20. The molecule has 2 rings (SSSR count). The van der Waals surface area contributed by atoms with Crippen LogP contribution in [0.15, 0.2) is 18.2 Å². The summed E-state index contributed by atoms with van der Waals surface area (Å²) in [7, 11) is 0. The van der Waals surface area contributed by atoms with Gasteiger partial charge in [0.05, 0.1) is 11.6 Å². The zero-order valence-electron chi connectivity index (χ0n) is 11.5. The van der Waals surface area contributed by atoms with Gasteiger partial charge in [0.1, 0.15) is 5.75 Å². The molecule has 1 aliphatic carbocycles. The van der Waals surface area contributed by atoms with Crippen LogP contribution >= 0.6 is 11.6 Å². The van der Waals surface area contributed by atoms with Crippen molar-refractivity contribution in [2.24, 2.45) is 5.73 Å². The van der Waals surface area contributed by atoms with E-state index < -0.39 is 0 Å². The Morgan fingerprint density at radius 2 is 2.05 bits per heavy atom. The molecule has 1 aromatic carbocycles. The topological polar surface area (TPSA) is 47.3 Å². The molecule has 1 saturated carbocycles. The Bertz CT molecular complexity index is 403. The zero-order valence-corrected chi connectivity index (χ0v) is 12.2. The summed E-state index contributed by atoms with van der Waals surface area (Å²) in [6, 6.07) is 6.81. The Balaban J connectivity index is 1.92. The van der Waals surface area contributed by atoms with E-state index in [1.807, 2.05) is 18.2 Å². The largest absolute Gasteiger partial charge is 0.492 e. The predicted octanol–water partition coefficient (Wildman–Crippen LogP) is 3.81. The monoisotopic (exact) mass is 282 g/mol. The Kier molecular flexibility index (Phi) is 5.34. The molecule has 0 unspecified atom stereocenters. The van der Waals surface area contributed by atoms with Crippen molar-refractivity contribution < 1.29 is 4.74 Å². The van der Waals surface area contributed by atoms with E-state index in [9.17, 15) is 0 Å². The van der Waals surface area contributed by atoms with Gasteiger partial charge in [0.2, 0.25) is 0 Å². The fourth-order valence-electron chi connectivity index (χ4n) is 2.42. The molecule has 0 saturated heterocycles. The van der Waals surface area contributed by atoms with E-state index >= 15 is 0 Å². The average Bonchev–Trinajstić information content (AvgIpc) is 2.41. The van der Waals surface area contributed by atoms with E-state index in [4.69, 9.17) is 22.1 Å². The molecule has 0 atom stereocenters. The van der Waals surface area contributed by atoms with Gasteiger partial charge in [0, 0.05) is 17.8 Å². The molecule has 3 nitrogen and oxygen atoms in total. The van der Waals surface area contributed by atoms with Crippen molar-refractivity contribution in [1.29, 1.82) is 0 Å². The smallest absolute Gasteiger partial charge is 0.138 e. The second kappa shape index (κ2) is 7.01. The van der Waals surface area contributed by atoms with E-state index in [0.29, 0.717) is 23.7 Å². The van der Waals surface area contributed by atoms with Crippen molar-refractivity contribution >= 4 is 17.3 Å². The van der Waals surface area contributed by atoms with Crippen molar-refractivity contribution in [2.45, 2.75) is 51.1 Å². The van der Waals surface area contributed by atoms with Crippen LogP contribution in [0.5, 0.6) is 5.75 Å². The van der Waals surface area contributed by atoms with Crippen LogP contribution in [0.4, 0.5) is 5.69 Å². The Morgan fingerprint density at radius 3 is 2.68 bits per heavy atom. The van der Waals surface area contributed by atoms with Gasteiger partial charge in [-0.2, -0.15) is 0 Å². The van der Waals surface area contributed by atoms with Crippen molar-refractivity contribution in [3.05, 3.63) is 23.2 Å². The van der Waals surface area contributed by atoms with E-state index in [-0.39, 0.29) is 0 Å². The first-order valence-corrected chi connectivity index (χ1v) is 7.51. The quantitative estimate of drug-likeness (QED) is 0.863. The van der Waals surface area contributed by atoms with Crippen molar-refractivity contribution in [1.82, 2.24) is 0 Å². The third-order valence-corrected chi connectivity index (χ3v) is 3.83. The highest BCUT2D eigenvalue weighted by Gasteiger charge is 2.18. The van der Waals surface area contributed by atoms with Gasteiger partial charge in [0.15, 0.2) is 0 Å². The first-order valence-electron chi connectivity index (χ1n) is 7.13. The second-order valence-corrected chi connectivity index (χ2v) is 5.66. The van der Waals surface area contributed by atoms with Crippen molar-refractivity contribution in [2.75, 3.05) is 11.9 Å². The molecule has 0 aliphatic heterocycles. The summed E-state index contributed by atoms with van der Waals surface area (Å²) in [4.78, 5) is 0. The summed E-state index contributed by atoms with van der Waals surface area (Å²) < 4.78 is 5.57. The molecule has 19 heavy (non-hydrogen) atoms. The minimum absolute atomic E-state index is 0.381. The van der Waals surface area contributed by atoms with Gasteiger partial charge in [-0.05, 0) is 50.3 Å². The Labute approximate surface area is 120 Å². The highest BCUT2D eigenvalue weighted by Crippen LogP contribution is 2.29. The normalized spacial score (nSPS) is 23.1. The van der Waals surface area contributed by atoms with E-state index in [0.717, 1.165) is 43.5 Å². The van der Waals surface area contributed by atoms with Crippen molar-refractivity contribution in [3.8, 4) is 5.75 Å². The van der Waals surface area contributed by atoms with Crippen LogP contribution < -0.4 is 15.8 Å². The van der Waals surface area contributed by atoms with Crippen LogP contribution in [0.25, 0.3) is 0 Å². The third kappa shape index (κ3) is 4.29. The Hall–Kier alpha value is -0.930. The van der Waals surface area contributed by atoms with Gasteiger partial charge < -0.3 is 15.8 Å². The lowest BCUT2D eigenvalue weighted by atomic mass is 9.92. The fourth-order valence-corrected chi connectivity index (χ4v) is 2.65. The summed E-state index contributed by atoms with van der Waals surface area (Å²) >= 11 is 6.22. The van der Waals surface area contributed by atoms with Crippen LogP contribution in [-0.4, -0.2) is 18.7 Å². The summed E-state index contributed by atoms with van der Waals surface area (Å²) in [5.41, 5.74) is 6.98. The number of nitrogens with one attached hydrogen (secondary N) is 1. The fraction of sp³-hybridized carbons (Fsp3) is 0.600. The van der Waals surface area contributed by atoms with E-state index in [2.05, 4.69) is 12.2 Å². The highest BCUT2D eigenvalue weighted by molar-refractivity contribution is 6.32. The molecule has 4 heteroatoms. The Morgan fingerprint density at radius 1 is 1.32 bits per heavy atom. The number of rotatable bonds is 5. The molecular formula is C15H23ClN2O. The van der Waals surface area contributed by atoms with Crippen molar-refractivity contribution in [3.63, 3.8) is 0 Å². The van der Waals surface area contributed by atoms with Crippen LogP contribution in [0.2, 0.25) is 5.02 Å². The van der Waals surface area contributed by atoms with Crippen LogP contribution in [0.1, 0.15) is 39.0 Å². The number of ether oxygens (including phenoxy) is 1. The SMILES string of the molecule is CCCOc1ccc(NC2CCC(N)CC2)cc1Cl. The van der Waals surface area contributed by atoms with Gasteiger partial charge in [-0.25, -0.2) is 0 Å². The molecule has 0 radical (unpaired) electrons. The number of benzene rings is 1. The minimum atomic E-state index is 0.381. The maximum atomic E-state index is 6.22. The number of hydrogen-bond acceptors (Lipinski definition) is 3. The van der Waals surface area contributed by atoms with Crippen LogP contribution in [-0.2, 0) is 0 Å². The number of halogens is 1. The first-order chi connectivity index (χ1) is 9.19. The van der Waals surface area contributed by atoms with E-state index in [1.54, 1.807) is 0 Å². The molecular weight excluding hydrogens is 260 g/mol. The molecule has 106 valence electrons. The van der Waals surface area contributed by atoms with E-state index in [1.165, 1.54) is 0 Å². The molecule has 0 amide bonds.